The second-order valence-corrected chi connectivity index (χ2v) is 1.69. The Morgan fingerprint density at radius 3 is 2.89 bits per heavy atom. The van der Waals surface area contributed by atoms with Crippen molar-refractivity contribution in [1.29, 1.82) is 0 Å². The normalized spacial score (nSPS) is 10.9. The van der Waals surface area contributed by atoms with Crippen LogP contribution in [0.25, 0.3) is 0 Å². The van der Waals surface area contributed by atoms with E-state index < -0.39 is 0 Å². The largest absolute Gasteiger partial charge is 0.325 e. The Balaban J connectivity index is 2.85. The van der Waals surface area contributed by atoms with Crippen molar-refractivity contribution >= 4 is 5.95 Å². The minimum atomic E-state index is 0.565. The summed E-state index contributed by atoms with van der Waals surface area (Å²) < 4.78 is 0. The van der Waals surface area contributed by atoms with Gasteiger partial charge in [0.25, 0.3) is 0 Å². The van der Waals surface area contributed by atoms with Crippen molar-refractivity contribution in [1.82, 2.24) is 9.97 Å². The van der Waals surface area contributed by atoms with Crippen molar-refractivity contribution < 1.29 is 0 Å². The van der Waals surface area contributed by atoms with E-state index in [9.17, 15) is 0 Å². The lowest BCUT2D eigenvalue weighted by Crippen LogP contribution is -1.65. The van der Waals surface area contributed by atoms with Gasteiger partial charge in [-0.25, -0.2) is 4.98 Å². The number of hydrogen-bond donors (Lipinski definition) is 1. The first kappa shape index (κ1) is 5.94. The van der Waals surface area contributed by atoms with Crippen LogP contribution in [-0.4, -0.2) is 17.0 Å². The maximum atomic E-state index is 3.89. The minimum Gasteiger partial charge on any atom is -0.325 e. The zero-order chi connectivity index (χ0) is 6.69. The van der Waals surface area contributed by atoms with Gasteiger partial charge >= 0.3 is 0 Å². The van der Waals surface area contributed by atoms with Gasteiger partial charge in [0.15, 0.2) is 0 Å². The summed E-state index contributed by atoms with van der Waals surface area (Å²) in [5.74, 6) is 0.565. The topological polar surface area (TPSA) is 53.4 Å². The molecule has 1 heterocycles. The van der Waals surface area contributed by atoms with Crippen LogP contribution in [0.15, 0.2) is 16.4 Å². The molecule has 1 aromatic heterocycles. The first-order chi connectivity index (χ1) is 4.33. The smallest absolute Gasteiger partial charge is 0.246 e. The Morgan fingerprint density at radius 2 is 2.44 bits per heavy atom. The average Bonchev–Trinajstić information content (AvgIpc) is 2.17. The molecule has 4 heteroatoms. The van der Waals surface area contributed by atoms with E-state index in [4.69, 9.17) is 0 Å². The van der Waals surface area contributed by atoms with E-state index in [1.807, 2.05) is 6.92 Å². The molecule has 0 amide bonds. The fourth-order valence-corrected chi connectivity index (χ4v) is 0.544. The summed E-state index contributed by atoms with van der Waals surface area (Å²) in [6.45, 7) is 1.92. The molecule has 1 aromatic rings. The van der Waals surface area contributed by atoms with Gasteiger partial charge in [-0.1, -0.05) is 0 Å². The average molecular weight is 124 g/mol. The molecular weight excluding hydrogens is 116 g/mol. The summed E-state index contributed by atoms with van der Waals surface area (Å²) in [6, 6.07) is 0. The first-order valence-electron chi connectivity index (χ1n) is 2.64. The SMILES string of the molecule is CN=Nc1ncc(C)[nH]1. The van der Waals surface area contributed by atoms with E-state index >= 15 is 0 Å². The van der Waals surface area contributed by atoms with E-state index in [-0.39, 0.29) is 0 Å². The molecule has 9 heavy (non-hydrogen) atoms. The van der Waals surface area contributed by atoms with Gasteiger partial charge < -0.3 is 4.98 Å². The molecule has 0 aliphatic heterocycles. The molecule has 0 saturated carbocycles. The van der Waals surface area contributed by atoms with Crippen LogP contribution in [0.4, 0.5) is 5.95 Å². The summed E-state index contributed by atoms with van der Waals surface area (Å²) in [6.07, 6.45) is 1.71. The molecule has 0 bridgehead atoms. The van der Waals surface area contributed by atoms with Crippen molar-refractivity contribution in [2.75, 3.05) is 7.05 Å². The second-order valence-electron chi connectivity index (χ2n) is 1.69. The second kappa shape index (κ2) is 2.39. The molecule has 0 aliphatic carbocycles. The van der Waals surface area contributed by atoms with E-state index in [2.05, 4.69) is 20.2 Å². The third-order valence-electron chi connectivity index (χ3n) is 0.884. The highest BCUT2D eigenvalue weighted by atomic mass is 15.2. The summed E-state index contributed by atoms with van der Waals surface area (Å²) in [5.41, 5.74) is 0.998. The monoisotopic (exact) mass is 124 g/mol. The Hall–Kier alpha value is -1.19. The van der Waals surface area contributed by atoms with Crippen LogP contribution < -0.4 is 0 Å². The van der Waals surface area contributed by atoms with Gasteiger partial charge in [-0.15, -0.1) is 5.11 Å². The number of hydrogen-bond acceptors (Lipinski definition) is 3. The van der Waals surface area contributed by atoms with Gasteiger partial charge in [0.1, 0.15) is 0 Å². The highest BCUT2D eigenvalue weighted by Gasteiger charge is 1.90. The van der Waals surface area contributed by atoms with Crippen molar-refractivity contribution in [3.63, 3.8) is 0 Å². The summed E-state index contributed by atoms with van der Waals surface area (Å²) in [4.78, 5) is 6.79. The Labute approximate surface area is 53.0 Å². The van der Waals surface area contributed by atoms with E-state index in [0.717, 1.165) is 5.69 Å². The lowest BCUT2D eigenvalue weighted by molar-refractivity contribution is 1.08. The highest BCUT2D eigenvalue weighted by molar-refractivity contribution is 5.15. The molecule has 48 valence electrons. The Bertz CT molecular complexity index is 212. The van der Waals surface area contributed by atoms with E-state index in [1.165, 1.54) is 0 Å². The van der Waals surface area contributed by atoms with Crippen LogP contribution in [0, 0.1) is 6.92 Å². The number of aromatic amines is 1. The van der Waals surface area contributed by atoms with Gasteiger partial charge in [-0.05, 0) is 6.92 Å². The number of azo groups is 1. The standard InChI is InChI=1S/C5H8N4/c1-4-3-7-5(8-4)9-6-2/h3H,1-2H3,(H,7,8). The van der Waals surface area contributed by atoms with Gasteiger partial charge in [0.2, 0.25) is 5.95 Å². The lowest BCUT2D eigenvalue weighted by Gasteiger charge is -1.77. The number of aromatic nitrogens is 2. The number of rotatable bonds is 1. The summed E-state index contributed by atoms with van der Waals surface area (Å²) in [5, 5.41) is 7.24. The van der Waals surface area contributed by atoms with Crippen LogP contribution in [-0.2, 0) is 0 Å². The quantitative estimate of drug-likeness (QED) is 0.565. The lowest BCUT2D eigenvalue weighted by atomic mass is 10.6. The third-order valence-corrected chi connectivity index (χ3v) is 0.884. The zero-order valence-corrected chi connectivity index (χ0v) is 5.42. The fourth-order valence-electron chi connectivity index (χ4n) is 0.544. The molecular formula is C5H8N4. The van der Waals surface area contributed by atoms with Crippen LogP contribution >= 0.6 is 0 Å². The van der Waals surface area contributed by atoms with Crippen molar-refractivity contribution in [3.05, 3.63) is 11.9 Å². The molecule has 4 nitrogen and oxygen atoms in total. The zero-order valence-electron chi connectivity index (χ0n) is 5.42. The van der Waals surface area contributed by atoms with Crippen LogP contribution in [0.2, 0.25) is 0 Å². The summed E-state index contributed by atoms with van der Waals surface area (Å²) in [7, 11) is 1.61. The first-order valence-corrected chi connectivity index (χ1v) is 2.64. The van der Waals surface area contributed by atoms with Crippen molar-refractivity contribution in [3.8, 4) is 0 Å². The van der Waals surface area contributed by atoms with E-state index in [0.29, 0.717) is 5.95 Å². The Morgan fingerprint density at radius 1 is 1.67 bits per heavy atom. The summed E-state index contributed by atoms with van der Waals surface area (Å²) >= 11 is 0. The molecule has 0 unspecified atom stereocenters. The molecule has 1 rings (SSSR count). The maximum absolute atomic E-state index is 3.89. The van der Waals surface area contributed by atoms with Gasteiger partial charge in [-0.2, -0.15) is 5.11 Å². The van der Waals surface area contributed by atoms with Crippen LogP contribution in [0.1, 0.15) is 5.69 Å². The molecule has 0 atom stereocenters. The van der Waals surface area contributed by atoms with Gasteiger partial charge in [0, 0.05) is 18.9 Å². The predicted octanol–water partition coefficient (Wildman–Crippen LogP) is 1.43. The minimum absolute atomic E-state index is 0.565. The number of nitrogens with zero attached hydrogens (tertiary/aromatic N) is 3. The van der Waals surface area contributed by atoms with Crippen LogP contribution in [0.5, 0.6) is 0 Å². The molecule has 1 N–H and O–H groups in total. The predicted molar refractivity (Wildman–Crippen MR) is 33.8 cm³/mol. The molecule has 0 spiro atoms. The molecule has 0 aliphatic rings. The fraction of sp³-hybridized carbons (Fsp3) is 0.400. The van der Waals surface area contributed by atoms with Crippen molar-refractivity contribution in [2.24, 2.45) is 10.2 Å². The highest BCUT2D eigenvalue weighted by Crippen LogP contribution is 2.03. The molecule has 0 aromatic carbocycles. The number of imidazole rings is 1. The van der Waals surface area contributed by atoms with Crippen molar-refractivity contribution in [2.45, 2.75) is 6.92 Å². The van der Waals surface area contributed by atoms with Gasteiger partial charge in [-0.3, -0.25) is 0 Å². The molecule has 0 fully saturated rings. The maximum Gasteiger partial charge on any atom is 0.246 e. The Kier molecular flexibility index (Phi) is 1.58. The third kappa shape index (κ3) is 1.35. The number of H-pyrrole nitrogens is 1. The van der Waals surface area contributed by atoms with E-state index in [1.54, 1.807) is 13.2 Å². The van der Waals surface area contributed by atoms with Gasteiger partial charge in [0.05, 0.1) is 0 Å². The molecule has 0 saturated heterocycles. The molecule has 0 radical (unpaired) electrons. The number of aryl methyl sites for hydroxylation is 1. The van der Waals surface area contributed by atoms with Crippen LogP contribution in [0.3, 0.4) is 0 Å². The number of nitrogens with one attached hydrogen (secondary N) is 1.